The standard InChI is InChI=1S/C24H21FN2O3/c1-15-7-8-17(11-16(15)2)24(29)26-19-9-10-21-22(12-19)30-14-23(28)27(21)13-18-5-3-4-6-20(18)25/h3-12H,13-14H2,1-2H3,(H,26,29). The topological polar surface area (TPSA) is 58.6 Å². The van der Waals surface area contributed by atoms with Crippen LogP contribution < -0.4 is 15.0 Å². The Morgan fingerprint density at radius 1 is 1.07 bits per heavy atom. The van der Waals surface area contributed by atoms with Crippen LogP contribution in [0, 0.1) is 19.7 Å². The highest BCUT2D eigenvalue weighted by Gasteiger charge is 2.26. The van der Waals surface area contributed by atoms with Gasteiger partial charge in [0.05, 0.1) is 12.2 Å². The molecule has 5 nitrogen and oxygen atoms in total. The third-order valence-corrected chi connectivity index (χ3v) is 5.22. The van der Waals surface area contributed by atoms with E-state index in [1.165, 1.54) is 11.0 Å². The van der Waals surface area contributed by atoms with E-state index in [1.54, 1.807) is 42.5 Å². The zero-order chi connectivity index (χ0) is 21.3. The van der Waals surface area contributed by atoms with Crippen LogP contribution in [0.2, 0.25) is 0 Å². The average Bonchev–Trinajstić information content (AvgIpc) is 2.73. The van der Waals surface area contributed by atoms with Gasteiger partial charge < -0.3 is 15.0 Å². The molecule has 1 heterocycles. The van der Waals surface area contributed by atoms with Gasteiger partial charge in [-0.1, -0.05) is 24.3 Å². The first-order chi connectivity index (χ1) is 14.4. The Kier molecular flexibility index (Phi) is 5.23. The van der Waals surface area contributed by atoms with E-state index in [4.69, 9.17) is 4.74 Å². The molecule has 4 rings (SSSR count). The molecule has 1 aliphatic rings. The third-order valence-electron chi connectivity index (χ3n) is 5.22. The predicted molar refractivity (Wildman–Crippen MR) is 113 cm³/mol. The second-order valence-corrected chi connectivity index (χ2v) is 7.30. The van der Waals surface area contributed by atoms with Crippen LogP contribution >= 0.6 is 0 Å². The van der Waals surface area contributed by atoms with Crippen molar-refractivity contribution >= 4 is 23.2 Å². The van der Waals surface area contributed by atoms with Gasteiger partial charge >= 0.3 is 0 Å². The lowest BCUT2D eigenvalue weighted by Crippen LogP contribution is -2.38. The Hall–Kier alpha value is -3.67. The molecule has 0 atom stereocenters. The minimum Gasteiger partial charge on any atom is -0.481 e. The molecule has 3 aromatic rings. The fraction of sp³-hybridized carbons (Fsp3) is 0.167. The molecule has 0 fully saturated rings. The molecule has 0 bridgehead atoms. The van der Waals surface area contributed by atoms with E-state index in [0.29, 0.717) is 28.3 Å². The lowest BCUT2D eigenvalue weighted by Gasteiger charge is -2.30. The summed E-state index contributed by atoms with van der Waals surface area (Å²) in [6.07, 6.45) is 0. The number of anilines is 2. The van der Waals surface area contributed by atoms with E-state index in [9.17, 15) is 14.0 Å². The summed E-state index contributed by atoms with van der Waals surface area (Å²) in [5.41, 5.74) is 4.24. The van der Waals surface area contributed by atoms with Crippen LogP contribution in [0.15, 0.2) is 60.7 Å². The van der Waals surface area contributed by atoms with Gasteiger partial charge in [-0.15, -0.1) is 0 Å². The minimum absolute atomic E-state index is 0.107. The molecule has 2 amide bonds. The number of carbonyl (C=O) groups excluding carboxylic acids is 2. The summed E-state index contributed by atoms with van der Waals surface area (Å²) in [6.45, 7) is 3.92. The van der Waals surface area contributed by atoms with Crippen LogP contribution in [0.3, 0.4) is 0 Å². The Bertz CT molecular complexity index is 1140. The van der Waals surface area contributed by atoms with E-state index in [2.05, 4.69) is 5.32 Å². The summed E-state index contributed by atoms with van der Waals surface area (Å²) in [5, 5.41) is 2.86. The molecule has 1 aliphatic heterocycles. The largest absolute Gasteiger partial charge is 0.481 e. The summed E-state index contributed by atoms with van der Waals surface area (Å²) in [6, 6.07) is 17.0. The SMILES string of the molecule is Cc1ccc(C(=O)Nc2ccc3c(c2)OCC(=O)N3Cc2ccccc2F)cc1C. The molecule has 0 unspecified atom stereocenters. The van der Waals surface area contributed by atoms with E-state index in [0.717, 1.165) is 11.1 Å². The average molecular weight is 404 g/mol. The molecule has 0 aromatic heterocycles. The van der Waals surface area contributed by atoms with Gasteiger partial charge in [0.2, 0.25) is 0 Å². The number of ether oxygens (including phenoxy) is 1. The number of nitrogens with zero attached hydrogens (tertiary/aromatic N) is 1. The number of benzene rings is 3. The number of fused-ring (bicyclic) bond motifs is 1. The molecule has 30 heavy (non-hydrogen) atoms. The number of carbonyl (C=O) groups is 2. The first kappa shape index (κ1) is 19.6. The number of hydrogen-bond donors (Lipinski definition) is 1. The van der Waals surface area contributed by atoms with Gasteiger partial charge in [-0.05, 0) is 55.3 Å². The Balaban J connectivity index is 1.57. The highest BCUT2D eigenvalue weighted by atomic mass is 19.1. The van der Waals surface area contributed by atoms with E-state index in [1.807, 2.05) is 26.0 Å². The monoisotopic (exact) mass is 404 g/mol. The Morgan fingerprint density at radius 2 is 1.87 bits per heavy atom. The van der Waals surface area contributed by atoms with Crippen molar-refractivity contribution in [3.8, 4) is 5.75 Å². The highest BCUT2D eigenvalue weighted by Crippen LogP contribution is 2.35. The zero-order valence-electron chi connectivity index (χ0n) is 16.7. The van der Waals surface area contributed by atoms with Crippen molar-refractivity contribution in [2.45, 2.75) is 20.4 Å². The quantitative estimate of drug-likeness (QED) is 0.690. The molecule has 0 saturated heterocycles. The summed E-state index contributed by atoms with van der Waals surface area (Å²) < 4.78 is 19.6. The van der Waals surface area contributed by atoms with Crippen LogP contribution in [-0.4, -0.2) is 18.4 Å². The zero-order valence-corrected chi connectivity index (χ0v) is 16.7. The minimum atomic E-state index is -0.365. The molecular weight excluding hydrogens is 383 g/mol. The summed E-state index contributed by atoms with van der Waals surface area (Å²) >= 11 is 0. The van der Waals surface area contributed by atoms with Crippen LogP contribution in [0.1, 0.15) is 27.0 Å². The molecule has 0 radical (unpaired) electrons. The molecule has 0 saturated carbocycles. The van der Waals surface area contributed by atoms with Crippen molar-refractivity contribution in [1.29, 1.82) is 0 Å². The van der Waals surface area contributed by atoms with Gasteiger partial charge in [0.15, 0.2) is 6.61 Å². The third kappa shape index (κ3) is 3.89. The van der Waals surface area contributed by atoms with Gasteiger partial charge in [-0.3, -0.25) is 9.59 Å². The fourth-order valence-corrected chi connectivity index (χ4v) is 3.34. The lowest BCUT2D eigenvalue weighted by atomic mass is 10.1. The summed E-state index contributed by atoms with van der Waals surface area (Å²) in [7, 11) is 0. The van der Waals surface area contributed by atoms with Crippen LogP contribution in [0.5, 0.6) is 5.75 Å². The van der Waals surface area contributed by atoms with Crippen LogP contribution in [-0.2, 0) is 11.3 Å². The van der Waals surface area contributed by atoms with Crippen molar-refractivity contribution in [2.24, 2.45) is 0 Å². The van der Waals surface area contributed by atoms with Gasteiger partial charge in [0, 0.05) is 22.9 Å². The second-order valence-electron chi connectivity index (χ2n) is 7.30. The second kappa shape index (κ2) is 7.99. The molecular formula is C24H21FN2O3. The maximum Gasteiger partial charge on any atom is 0.265 e. The first-order valence-corrected chi connectivity index (χ1v) is 9.61. The maximum atomic E-state index is 14.1. The van der Waals surface area contributed by atoms with Gasteiger partial charge in [0.25, 0.3) is 11.8 Å². The Labute approximate surface area is 174 Å². The summed E-state index contributed by atoms with van der Waals surface area (Å²) in [4.78, 5) is 26.5. The van der Waals surface area contributed by atoms with Gasteiger partial charge in [-0.2, -0.15) is 0 Å². The highest BCUT2D eigenvalue weighted by molar-refractivity contribution is 6.05. The predicted octanol–water partition coefficient (Wildman–Crippen LogP) is 4.62. The molecule has 6 heteroatoms. The van der Waals surface area contributed by atoms with E-state index >= 15 is 0 Å². The van der Waals surface area contributed by atoms with Crippen LogP contribution in [0.25, 0.3) is 0 Å². The van der Waals surface area contributed by atoms with Crippen molar-refractivity contribution in [3.05, 3.63) is 88.7 Å². The Morgan fingerprint density at radius 3 is 2.63 bits per heavy atom. The number of amides is 2. The van der Waals surface area contributed by atoms with Crippen molar-refractivity contribution in [1.82, 2.24) is 0 Å². The van der Waals surface area contributed by atoms with Gasteiger partial charge in [-0.25, -0.2) is 4.39 Å². The van der Waals surface area contributed by atoms with Gasteiger partial charge in [0.1, 0.15) is 11.6 Å². The van der Waals surface area contributed by atoms with Crippen LogP contribution in [0.4, 0.5) is 15.8 Å². The van der Waals surface area contributed by atoms with E-state index in [-0.39, 0.29) is 30.8 Å². The van der Waals surface area contributed by atoms with E-state index < -0.39 is 0 Å². The van der Waals surface area contributed by atoms with Crippen molar-refractivity contribution < 1.29 is 18.7 Å². The molecule has 0 spiro atoms. The number of rotatable bonds is 4. The molecule has 3 aromatic carbocycles. The normalized spacial score (nSPS) is 12.9. The number of nitrogens with one attached hydrogen (secondary N) is 1. The van der Waals surface area contributed by atoms with Crippen molar-refractivity contribution in [2.75, 3.05) is 16.8 Å². The molecule has 0 aliphatic carbocycles. The lowest BCUT2D eigenvalue weighted by molar-refractivity contribution is -0.121. The van der Waals surface area contributed by atoms with Crippen molar-refractivity contribution in [3.63, 3.8) is 0 Å². The smallest absolute Gasteiger partial charge is 0.265 e. The maximum absolute atomic E-state index is 14.1. The fourth-order valence-electron chi connectivity index (χ4n) is 3.34. The molecule has 1 N–H and O–H groups in total. The first-order valence-electron chi connectivity index (χ1n) is 9.61. The number of halogens is 1. The summed E-state index contributed by atoms with van der Waals surface area (Å²) in [5.74, 6) is -0.384. The number of aryl methyl sites for hydroxylation is 2. The number of hydrogen-bond acceptors (Lipinski definition) is 3. The molecule has 152 valence electrons.